The van der Waals surface area contributed by atoms with Gasteiger partial charge >= 0.3 is 0 Å². The number of hydrogen-bond acceptors (Lipinski definition) is 6. The second-order valence-electron chi connectivity index (χ2n) is 5.80. The minimum Gasteiger partial charge on any atom is -0.497 e. The normalized spacial score (nSPS) is 11.1. The highest BCUT2D eigenvalue weighted by Crippen LogP contribution is 2.29. The van der Waals surface area contributed by atoms with Crippen molar-refractivity contribution in [2.45, 2.75) is 24.7 Å². The van der Waals surface area contributed by atoms with Crippen molar-refractivity contribution in [1.29, 1.82) is 0 Å². The van der Waals surface area contributed by atoms with Crippen LogP contribution in [0.25, 0.3) is 0 Å². The molecule has 0 aliphatic rings. The lowest BCUT2D eigenvalue weighted by Gasteiger charge is -2.18. The Morgan fingerprint density at radius 2 is 1.92 bits per heavy atom. The Hall–Kier alpha value is -2.48. The zero-order chi connectivity index (χ0) is 19.2. The number of pyridine rings is 1. The van der Waals surface area contributed by atoms with Crippen LogP contribution >= 0.6 is 0 Å². The summed E-state index contributed by atoms with van der Waals surface area (Å²) < 4.78 is 38.1. The van der Waals surface area contributed by atoms with Gasteiger partial charge in [0, 0.05) is 19.7 Å². The van der Waals surface area contributed by atoms with E-state index < -0.39 is 10.0 Å². The molecule has 0 radical (unpaired) electrons. The standard InChI is InChI=1S/C18H25N3O4S/c1-5-6-11-21(2)14-7-10-18(19-13-14)20-26(22,23)17-9-8-15(24-3)12-16(17)25-4/h7-10,12-13H,5-6,11H2,1-4H3,(H,19,20). The Labute approximate surface area is 155 Å². The van der Waals surface area contributed by atoms with E-state index in [4.69, 9.17) is 9.47 Å². The van der Waals surface area contributed by atoms with Crippen LogP contribution in [0.4, 0.5) is 11.5 Å². The predicted octanol–water partition coefficient (Wildman–Crippen LogP) is 3.14. The molecule has 1 heterocycles. The second-order valence-corrected chi connectivity index (χ2v) is 7.45. The van der Waals surface area contributed by atoms with Crippen LogP contribution in [0.1, 0.15) is 19.8 Å². The minimum atomic E-state index is -3.84. The van der Waals surface area contributed by atoms with Gasteiger partial charge in [-0.15, -0.1) is 0 Å². The topological polar surface area (TPSA) is 80.8 Å². The van der Waals surface area contributed by atoms with E-state index in [1.807, 2.05) is 13.1 Å². The number of methoxy groups -OCH3 is 2. The van der Waals surface area contributed by atoms with Crippen molar-refractivity contribution in [3.05, 3.63) is 36.5 Å². The van der Waals surface area contributed by atoms with Gasteiger partial charge in [-0.05, 0) is 30.7 Å². The Morgan fingerprint density at radius 1 is 1.15 bits per heavy atom. The van der Waals surface area contributed by atoms with Crippen LogP contribution in [-0.2, 0) is 10.0 Å². The van der Waals surface area contributed by atoms with E-state index in [0.717, 1.165) is 25.1 Å². The number of nitrogens with one attached hydrogen (secondary N) is 1. The van der Waals surface area contributed by atoms with Gasteiger partial charge in [-0.2, -0.15) is 0 Å². The van der Waals surface area contributed by atoms with Crippen LogP contribution in [0.15, 0.2) is 41.4 Å². The van der Waals surface area contributed by atoms with Crippen molar-refractivity contribution >= 4 is 21.5 Å². The molecule has 0 unspecified atom stereocenters. The molecular formula is C18H25N3O4S. The lowest BCUT2D eigenvalue weighted by Crippen LogP contribution is -2.19. The highest BCUT2D eigenvalue weighted by molar-refractivity contribution is 7.92. The first-order valence-corrected chi connectivity index (χ1v) is 9.81. The molecule has 0 atom stereocenters. The summed E-state index contributed by atoms with van der Waals surface area (Å²) in [4.78, 5) is 6.32. The van der Waals surface area contributed by atoms with Crippen molar-refractivity contribution in [2.24, 2.45) is 0 Å². The lowest BCUT2D eigenvalue weighted by atomic mass is 10.3. The fourth-order valence-corrected chi connectivity index (χ4v) is 3.55. The summed E-state index contributed by atoms with van der Waals surface area (Å²) in [6.07, 6.45) is 3.85. The average Bonchev–Trinajstić information content (AvgIpc) is 2.65. The summed E-state index contributed by atoms with van der Waals surface area (Å²) in [6, 6.07) is 8.01. The molecule has 0 aliphatic heterocycles. The lowest BCUT2D eigenvalue weighted by molar-refractivity contribution is 0.386. The van der Waals surface area contributed by atoms with E-state index in [1.54, 1.807) is 18.3 Å². The van der Waals surface area contributed by atoms with E-state index in [9.17, 15) is 8.42 Å². The summed E-state index contributed by atoms with van der Waals surface area (Å²) >= 11 is 0. The third-order valence-corrected chi connectivity index (χ3v) is 5.33. The molecule has 1 N–H and O–H groups in total. The van der Waals surface area contributed by atoms with Crippen molar-refractivity contribution < 1.29 is 17.9 Å². The zero-order valence-electron chi connectivity index (χ0n) is 15.5. The predicted molar refractivity (Wildman–Crippen MR) is 103 cm³/mol. The fraction of sp³-hybridized carbons (Fsp3) is 0.389. The molecule has 2 rings (SSSR count). The molecule has 0 bridgehead atoms. The molecule has 1 aromatic carbocycles. The van der Waals surface area contributed by atoms with E-state index in [2.05, 4.69) is 21.5 Å². The highest BCUT2D eigenvalue weighted by atomic mass is 32.2. The number of benzene rings is 1. The molecule has 8 heteroatoms. The van der Waals surface area contributed by atoms with Crippen molar-refractivity contribution in [2.75, 3.05) is 37.4 Å². The smallest absolute Gasteiger partial charge is 0.266 e. The molecule has 2 aromatic rings. The third-order valence-electron chi connectivity index (χ3n) is 3.93. The Balaban J connectivity index is 2.19. The van der Waals surface area contributed by atoms with Crippen LogP contribution in [0.3, 0.4) is 0 Å². The molecule has 1 aromatic heterocycles. The monoisotopic (exact) mass is 379 g/mol. The van der Waals surface area contributed by atoms with Gasteiger partial charge in [0.25, 0.3) is 10.0 Å². The van der Waals surface area contributed by atoms with Crippen molar-refractivity contribution in [3.8, 4) is 11.5 Å². The molecule has 0 fully saturated rings. The summed E-state index contributed by atoms with van der Waals surface area (Å²) in [5.74, 6) is 0.960. The van der Waals surface area contributed by atoms with Gasteiger partial charge in [0.2, 0.25) is 0 Å². The Morgan fingerprint density at radius 3 is 2.50 bits per heavy atom. The minimum absolute atomic E-state index is 0.0201. The van der Waals surface area contributed by atoms with Gasteiger partial charge < -0.3 is 14.4 Å². The van der Waals surface area contributed by atoms with Crippen molar-refractivity contribution in [1.82, 2.24) is 4.98 Å². The van der Waals surface area contributed by atoms with Gasteiger partial charge in [-0.3, -0.25) is 4.72 Å². The molecular weight excluding hydrogens is 354 g/mol. The van der Waals surface area contributed by atoms with Gasteiger partial charge in [0.05, 0.1) is 26.1 Å². The summed E-state index contributed by atoms with van der Waals surface area (Å²) in [5.41, 5.74) is 0.934. The van der Waals surface area contributed by atoms with Gasteiger partial charge in [0.1, 0.15) is 22.2 Å². The first-order chi connectivity index (χ1) is 12.4. The first kappa shape index (κ1) is 19.8. The van der Waals surface area contributed by atoms with Crippen LogP contribution < -0.4 is 19.1 Å². The number of hydrogen-bond donors (Lipinski definition) is 1. The molecule has 142 valence electrons. The maximum atomic E-state index is 12.7. The number of anilines is 2. The van der Waals surface area contributed by atoms with Gasteiger partial charge in [-0.1, -0.05) is 13.3 Å². The molecule has 7 nitrogen and oxygen atoms in total. The maximum Gasteiger partial charge on any atom is 0.266 e. The number of rotatable bonds is 9. The van der Waals surface area contributed by atoms with Crippen molar-refractivity contribution in [3.63, 3.8) is 0 Å². The largest absolute Gasteiger partial charge is 0.497 e. The molecule has 0 amide bonds. The van der Waals surface area contributed by atoms with E-state index >= 15 is 0 Å². The third kappa shape index (κ3) is 4.78. The number of aromatic nitrogens is 1. The van der Waals surface area contributed by atoms with E-state index in [-0.39, 0.29) is 16.5 Å². The molecule has 0 saturated carbocycles. The fourth-order valence-electron chi connectivity index (χ4n) is 2.39. The average molecular weight is 379 g/mol. The molecule has 0 saturated heterocycles. The number of nitrogens with zero attached hydrogens (tertiary/aromatic N) is 2. The maximum absolute atomic E-state index is 12.7. The van der Waals surface area contributed by atoms with E-state index in [1.165, 1.54) is 26.4 Å². The summed E-state index contributed by atoms with van der Waals surface area (Å²) in [7, 11) is 1.06. The van der Waals surface area contributed by atoms with Crippen LogP contribution in [-0.4, -0.2) is 41.2 Å². The Bertz CT molecular complexity index is 823. The zero-order valence-corrected chi connectivity index (χ0v) is 16.3. The second kappa shape index (κ2) is 8.75. The van der Waals surface area contributed by atoms with E-state index in [0.29, 0.717) is 5.75 Å². The number of unbranched alkanes of at least 4 members (excludes halogenated alkanes) is 1. The van der Waals surface area contributed by atoms with Crippen LogP contribution in [0.5, 0.6) is 11.5 Å². The van der Waals surface area contributed by atoms with Crippen LogP contribution in [0, 0.1) is 0 Å². The summed E-state index contributed by atoms with van der Waals surface area (Å²) in [5, 5.41) is 0. The highest BCUT2D eigenvalue weighted by Gasteiger charge is 2.21. The van der Waals surface area contributed by atoms with Crippen LogP contribution in [0.2, 0.25) is 0 Å². The first-order valence-electron chi connectivity index (χ1n) is 8.33. The molecule has 0 aliphatic carbocycles. The number of sulfonamides is 1. The Kier molecular flexibility index (Phi) is 6.68. The number of ether oxygens (including phenoxy) is 2. The SMILES string of the molecule is CCCCN(C)c1ccc(NS(=O)(=O)c2ccc(OC)cc2OC)nc1. The summed E-state index contributed by atoms with van der Waals surface area (Å²) in [6.45, 7) is 3.06. The molecule has 0 spiro atoms. The van der Waals surface area contributed by atoms with Gasteiger partial charge in [-0.25, -0.2) is 13.4 Å². The van der Waals surface area contributed by atoms with Gasteiger partial charge in [0.15, 0.2) is 0 Å². The quantitative estimate of drug-likeness (QED) is 0.721. The molecule has 26 heavy (non-hydrogen) atoms.